The third-order valence-corrected chi connectivity index (χ3v) is 12.5. The van der Waals surface area contributed by atoms with E-state index in [4.69, 9.17) is 9.98 Å². The van der Waals surface area contributed by atoms with Crippen LogP contribution < -0.4 is 5.32 Å². The molecule has 0 radical (unpaired) electrons. The molecule has 0 fully saturated rings. The van der Waals surface area contributed by atoms with E-state index in [0.717, 1.165) is 33.9 Å². The summed E-state index contributed by atoms with van der Waals surface area (Å²) in [4.78, 5) is 10.7. The number of rotatable bonds is 4. The predicted molar refractivity (Wildman–Crippen MR) is 218 cm³/mol. The molecule has 51 heavy (non-hydrogen) atoms. The topological polar surface area (TPSA) is 41.7 Å². The molecule has 1 atom stereocenters. The predicted octanol–water partition coefficient (Wildman–Crippen LogP) is 12.0. The van der Waals surface area contributed by atoms with Gasteiger partial charge in [-0.25, -0.2) is 9.98 Å². The Labute approximate surface area is 301 Å². The van der Waals surface area contributed by atoms with E-state index in [9.17, 15) is 0 Å². The molecular formula is C45H28N4S2. The summed E-state index contributed by atoms with van der Waals surface area (Å²) in [6, 6.07) is 56.4. The highest BCUT2D eigenvalue weighted by atomic mass is 32.1. The monoisotopic (exact) mass is 688 g/mol. The fourth-order valence-electron chi connectivity index (χ4n) is 7.80. The molecule has 10 aromatic rings. The first-order valence-electron chi connectivity index (χ1n) is 17.1. The summed E-state index contributed by atoms with van der Waals surface area (Å²) < 4.78 is 7.50. The van der Waals surface area contributed by atoms with Crippen molar-refractivity contribution in [2.45, 2.75) is 6.17 Å². The molecule has 0 saturated heterocycles. The molecule has 0 bridgehead atoms. The number of nitrogens with one attached hydrogen (secondary N) is 1. The smallest absolute Gasteiger partial charge is 0.160 e. The molecule has 1 aliphatic rings. The Balaban J connectivity index is 1.20. The number of fused-ring (bicyclic) bond motifs is 9. The maximum Gasteiger partial charge on any atom is 0.160 e. The summed E-state index contributed by atoms with van der Waals surface area (Å²) >= 11 is 3.67. The van der Waals surface area contributed by atoms with E-state index in [-0.39, 0.29) is 6.17 Å². The largest absolute Gasteiger partial charge is 0.344 e. The van der Waals surface area contributed by atoms with Crippen LogP contribution in [0.5, 0.6) is 0 Å². The Bertz CT molecular complexity index is 3070. The van der Waals surface area contributed by atoms with Crippen LogP contribution in [0.25, 0.3) is 67.8 Å². The van der Waals surface area contributed by atoms with Crippen molar-refractivity contribution in [1.29, 1.82) is 0 Å². The van der Waals surface area contributed by atoms with Crippen LogP contribution in [0.2, 0.25) is 0 Å². The number of benzene rings is 7. The Morgan fingerprint density at radius 1 is 0.490 bits per heavy atom. The minimum absolute atomic E-state index is 0.308. The fourth-order valence-corrected chi connectivity index (χ4v) is 10.2. The first-order valence-corrected chi connectivity index (χ1v) is 18.8. The molecule has 3 aromatic heterocycles. The molecular weight excluding hydrogens is 661 g/mol. The lowest BCUT2D eigenvalue weighted by Gasteiger charge is -2.24. The minimum atomic E-state index is -0.308. The summed E-state index contributed by atoms with van der Waals surface area (Å²) in [5.74, 6) is 1.55. The number of amidine groups is 2. The highest BCUT2D eigenvalue weighted by Crippen LogP contribution is 2.42. The van der Waals surface area contributed by atoms with Gasteiger partial charge in [0.15, 0.2) is 5.84 Å². The summed E-state index contributed by atoms with van der Waals surface area (Å²) in [6.45, 7) is 0. The number of nitrogens with zero attached hydrogens (tertiary/aromatic N) is 3. The SMILES string of the molecule is c1ccc(C2N=C(c3cccc4c3sc3ccccc34)N=C(c3cccc4c5ccccc5n(-c5cccc6c5sc5ccccc56)c34)N2)cc1. The fraction of sp³-hybridized carbons (Fsp3) is 0.0222. The van der Waals surface area contributed by atoms with Gasteiger partial charge in [-0.3, -0.25) is 0 Å². The van der Waals surface area contributed by atoms with Crippen molar-refractivity contribution in [3.8, 4) is 5.69 Å². The van der Waals surface area contributed by atoms with Crippen molar-refractivity contribution in [2.24, 2.45) is 9.98 Å². The van der Waals surface area contributed by atoms with Gasteiger partial charge >= 0.3 is 0 Å². The zero-order chi connectivity index (χ0) is 33.5. The Morgan fingerprint density at radius 3 is 1.86 bits per heavy atom. The van der Waals surface area contributed by atoms with Crippen molar-refractivity contribution < 1.29 is 0 Å². The third-order valence-electron chi connectivity index (χ3n) is 10.1. The Kier molecular flexibility index (Phi) is 6.32. The number of aromatic nitrogens is 1. The van der Waals surface area contributed by atoms with E-state index in [1.807, 2.05) is 22.7 Å². The van der Waals surface area contributed by atoms with E-state index < -0.39 is 0 Å². The highest BCUT2D eigenvalue weighted by Gasteiger charge is 2.26. The first-order chi connectivity index (χ1) is 25.3. The number of aliphatic imine (C=N–C) groups is 2. The second-order valence-corrected chi connectivity index (χ2v) is 15.1. The van der Waals surface area contributed by atoms with Gasteiger partial charge in [0.2, 0.25) is 0 Å². The maximum atomic E-state index is 5.42. The molecule has 4 nitrogen and oxygen atoms in total. The van der Waals surface area contributed by atoms with Gasteiger partial charge in [-0.1, -0.05) is 121 Å². The molecule has 0 aliphatic carbocycles. The second kappa shape index (κ2) is 11.2. The van der Waals surface area contributed by atoms with Crippen LogP contribution in [-0.4, -0.2) is 16.2 Å². The average Bonchev–Trinajstić information content (AvgIpc) is 3.88. The van der Waals surface area contributed by atoms with E-state index in [0.29, 0.717) is 0 Å². The Morgan fingerprint density at radius 2 is 1.08 bits per heavy atom. The quantitative estimate of drug-likeness (QED) is 0.196. The second-order valence-electron chi connectivity index (χ2n) is 13.0. The molecule has 11 rings (SSSR count). The summed E-state index contributed by atoms with van der Waals surface area (Å²) in [5.41, 5.74) is 6.66. The highest BCUT2D eigenvalue weighted by molar-refractivity contribution is 7.26. The van der Waals surface area contributed by atoms with Crippen molar-refractivity contribution in [3.05, 3.63) is 174 Å². The molecule has 1 N–H and O–H groups in total. The summed E-state index contributed by atoms with van der Waals surface area (Å²) in [5, 5.41) is 11.3. The van der Waals surface area contributed by atoms with Crippen LogP contribution in [0.3, 0.4) is 0 Å². The van der Waals surface area contributed by atoms with Gasteiger partial charge in [-0.15, -0.1) is 22.7 Å². The molecule has 0 amide bonds. The van der Waals surface area contributed by atoms with Crippen LogP contribution >= 0.6 is 22.7 Å². The lowest BCUT2D eigenvalue weighted by Crippen LogP contribution is -2.34. The van der Waals surface area contributed by atoms with Crippen molar-refractivity contribution in [3.63, 3.8) is 0 Å². The molecule has 240 valence electrons. The zero-order valence-corrected chi connectivity index (χ0v) is 28.9. The van der Waals surface area contributed by atoms with Crippen molar-refractivity contribution in [2.75, 3.05) is 0 Å². The average molecular weight is 689 g/mol. The number of hydrogen-bond donors (Lipinski definition) is 1. The Hall–Kier alpha value is -6.08. The molecule has 0 spiro atoms. The van der Waals surface area contributed by atoms with Crippen LogP contribution in [0.15, 0.2) is 168 Å². The normalized spacial score (nSPS) is 14.9. The van der Waals surface area contributed by atoms with E-state index in [1.54, 1.807) is 0 Å². The summed E-state index contributed by atoms with van der Waals surface area (Å²) in [6.07, 6.45) is -0.308. The molecule has 0 saturated carbocycles. The van der Waals surface area contributed by atoms with Crippen LogP contribution in [0.4, 0.5) is 0 Å². The van der Waals surface area contributed by atoms with Gasteiger partial charge in [-0.2, -0.15) is 0 Å². The van der Waals surface area contributed by atoms with Crippen LogP contribution in [-0.2, 0) is 0 Å². The van der Waals surface area contributed by atoms with E-state index in [2.05, 4.69) is 168 Å². The van der Waals surface area contributed by atoms with Gasteiger partial charge < -0.3 is 9.88 Å². The molecule has 1 aliphatic heterocycles. The van der Waals surface area contributed by atoms with Crippen LogP contribution in [0, 0.1) is 0 Å². The summed E-state index contributed by atoms with van der Waals surface area (Å²) in [7, 11) is 0. The third kappa shape index (κ3) is 4.37. The molecule has 6 heteroatoms. The van der Waals surface area contributed by atoms with Gasteiger partial charge in [0.05, 0.1) is 21.4 Å². The maximum absolute atomic E-state index is 5.42. The van der Waals surface area contributed by atoms with E-state index in [1.165, 1.54) is 62.3 Å². The number of hydrogen-bond acceptors (Lipinski definition) is 5. The lowest BCUT2D eigenvalue weighted by atomic mass is 10.0. The van der Waals surface area contributed by atoms with Crippen molar-refractivity contribution in [1.82, 2.24) is 9.88 Å². The molecule has 7 aromatic carbocycles. The minimum Gasteiger partial charge on any atom is -0.344 e. The van der Waals surface area contributed by atoms with Crippen LogP contribution in [0.1, 0.15) is 22.9 Å². The molecule has 1 unspecified atom stereocenters. The van der Waals surface area contributed by atoms with Gasteiger partial charge in [0.1, 0.15) is 12.0 Å². The standard InChI is InChI=1S/C45H28N4S2/c1-2-13-27(14-3-1)43-46-44(48-45(47-43)35-22-11-19-32-29-16-5-8-25-38(29)50-41(32)35)34-21-10-18-31-28-15-4-7-23-36(28)49(40(31)34)37-24-12-20-33-30-17-6-9-26-39(30)51-42(33)37/h1-26,43H,(H,46,47,48). The number of thiophene rings is 2. The first kappa shape index (κ1) is 28.7. The van der Waals surface area contributed by atoms with E-state index >= 15 is 0 Å². The van der Waals surface area contributed by atoms with Gasteiger partial charge in [0.25, 0.3) is 0 Å². The zero-order valence-electron chi connectivity index (χ0n) is 27.2. The van der Waals surface area contributed by atoms with Crippen molar-refractivity contribution >= 4 is 96.5 Å². The lowest BCUT2D eigenvalue weighted by molar-refractivity contribution is 0.674. The molecule has 4 heterocycles. The number of para-hydroxylation sites is 2. The van der Waals surface area contributed by atoms with Gasteiger partial charge in [-0.05, 0) is 42.0 Å². The van der Waals surface area contributed by atoms with Gasteiger partial charge in [0, 0.05) is 57.5 Å².